The summed E-state index contributed by atoms with van der Waals surface area (Å²) in [5, 5.41) is 2.66. The molecule has 1 aromatic heterocycles. The molecular weight excluding hydrogens is 389 g/mol. The molecule has 0 aliphatic heterocycles. The topological polar surface area (TPSA) is 42.0 Å². The van der Waals surface area contributed by atoms with E-state index in [1.165, 1.54) is 30.3 Å². The number of fused-ring (bicyclic) bond motifs is 1. The number of nitrogens with one attached hydrogen (secondary N) is 1. The number of carbonyl (C=O) groups is 1. The molecule has 3 nitrogen and oxygen atoms in total. The average Bonchev–Trinajstić information content (AvgIpc) is 2.77. The van der Waals surface area contributed by atoms with Gasteiger partial charge in [-0.1, -0.05) is 78.9 Å². The zero-order valence-corrected chi connectivity index (χ0v) is 15.7. The quantitative estimate of drug-likeness (QED) is 0.456. The second kappa shape index (κ2) is 7.99. The number of nitrogens with zero attached hydrogens (tertiary/aromatic N) is 1. The highest BCUT2D eigenvalue weighted by Gasteiger charge is 2.42. The maximum absolute atomic E-state index is 13.7. The van der Waals surface area contributed by atoms with Crippen LogP contribution < -0.4 is 5.32 Å². The van der Waals surface area contributed by atoms with Gasteiger partial charge in [-0.15, -0.1) is 0 Å². The molecule has 0 aliphatic carbocycles. The molecule has 0 unspecified atom stereocenters. The first-order valence-corrected chi connectivity index (χ1v) is 9.31. The molecule has 3 aromatic carbocycles. The zero-order valence-electron chi connectivity index (χ0n) is 15.7. The van der Waals surface area contributed by atoms with Crippen LogP contribution in [-0.2, 0) is 0 Å². The standard InChI is InChI=1S/C24H17F3N2O/c25-24(26,27)22(17-11-5-2-6-12-17)29-23(30)19-15-21(16-9-3-1-4-10-16)28-20-14-8-7-13-18(19)20/h1-15,22H,(H,29,30)/t22-/m1/s1. The monoisotopic (exact) mass is 406 g/mol. The number of para-hydroxylation sites is 1. The van der Waals surface area contributed by atoms with Gasteiger partial charge in [0.1, 0.15) is 0 Å². The number of rotatable bonds is 4. The van der Waals surface area contributed by atoms with Gasteiger partial charge in [0.05, 0.1) is 16.8 Å². The van der Waals surface area contributed by atoms with Crippen LogP contribution in [0.2, 0.25) is 0 Å². The fourth-order valence-electron chi connectivity index (χ4n) is 3.33. The summed E-state index contributed by atoms with van der Waals surface area (Å²) in [4.78, 5) is 17.6. The van der Waals surface area contributed by atoms with Crippen LogP contribution in [0, 0.1) is 0 Å². The minimum atomic E-state index is -4.64. The van der Waals surface area contributed by atoms with Gasteiger partial charge in [-0.05, 0) is 17.7 Å². The molecule has 0 radical (unpaired) electrons. The van der Waals surface area contributed by atoms with Gasteiger partial charge >= 0.3 is 6.18 Å². The molecule has 0 saturated carbocycles. The fourth-order valence-corrected chi connectivity index (χ4v) is 3.33. The molecule has 1 N–H and O–H groups in total. The lowest BCUT2D eigenvalue weighted by molar-refractivity contribution is -0.155. The first kappa shape index (κ1) is 19.6. The summed E-state index contributed by atoms with van der Waals surface area (Å²) >= 11 is 0. The van der Waals surface area contributed by atoms with Gasteiger partial charge in [0.2, 0.25) is 0 Å². The third-order valence-corrected chi connectivity index (χ3v) is 4.77. The van der Waals surface area contributed by atoms with Crippen molar-refractivity contribution in [1.29, 1.82) is 0 Å². The Balaban J connectivity index is 1.79. The fraction of sp³-hybridized carbons (Fsp3) is 0.0833. The van der Waals surface area contributed by atoms with Gasteiger partial charge in [0.15, 0.2) is 6.04 Å². The van der Waals surface area contributed by atoms with Crippen molar-refractivity contribution in [3.63, 3.8) is 0 Å². The number of aromatic nitrogens is 1. The highest BCUT2D eigenvalue weighted by molar-refractivity contribution is 6.07. The largest absolute Gasteiger partial charge is 0.412 e. The van der Waals surface area contributed by atoms with E-state index in [-0.39, 0.29) is 11.1 Å². The van der Waals surface area contributed by atoms with Crippen LogP contribution in [0.1, 0.15) is 22.0 Å². The van der Waals surface area contributed by atoms with Gasteiger partial charge in [0.25, 0.3) is 5.91 Å². The van der Waals surface area contributed by atoms with Gasteiger partial charge in [0, 0.05) is 10.9 Å². The molecular formula is C24H17F3N2O. The van der Waals surface area contributed by atoms with E-state index in [9.17, 15) is 18.0 Å². The predicted molar refractivity (Wildman–Crippen MR) is 110 cm³/mol. The van der Waals surface area contributed by atoms with E-state index in [1.54, 1.807) is 30.3 Å². The molecule has 0 bridgehead atoms. The number of hydrogen-bond acceptors (Lipinski definition) is 2. The maximum atomic E-state index is 13.7. The average molecular weight is 406 g/mol. The molecule has 4 rings (SSSR count). The van der Waals surface area contributed by atoms with Crippen LogP contribution >= 0.6 is 0 Å². The molecule has 1 amide bonds. The summed E-state index contributed by atoms with van der Waals surface area (Å²) in [7, 11) is 0. The molecule has 6 heteroatoms. The van der Waals surface area contributed by atoms with Crippen molar-refractivity contribution in [2.75, 3.05) is 0 Å². The summed E-state index contributed by atoms with van der Waals surface area (Å²) in [5.41, 5.74) is 1.94. The van der Waals surface area contributed by atoms with Crippen LogP contribution in [0.5, 0.6) is 0 Å². The van der Waals surface area contributed by atoms with E-state index in [4.69, 9.17) is 0 Å². The molecule has 30 heavy (non-hydrogen) atoms. The first-order valence-electron chi connectivity index (χ1n) is 9.31. The lowest BCUT2D eigenvalue weighted by atomic mass is 10.0. The van der Waals surface area contributed by atoms with Crippen LogP contribution in [0.4, 0.5) is 13.2 Å². The number of alkyl halides is 3. The SMILES string of the molecule is O=C(N[C@H](c1ccccc1)C(F)(F)F)c1cc(-c2ccccc2)nc2ccccc12. The highest BCUT2D eigenvalue weighted by atomic mass is 19.4. The minimum Gasteiger partial charge on any atom is -0.337 e. The number of halogens is 3. The number of amides is 1. The summed E-state index contributed by atoms with van der Waals surface area (Å²) in [5.74, 6) is -0.808. The Labute approximate surface area is 171 Å². The molecule has 4 aromatic rings. The Morgan fingerprint density at radius 2 is 1.43 bits per heavy atom. The van der Waals surface area contributed by atoms with Crippen molar-refractivity contribution in [2.24, 2.45) is 0 Å². The van der Waals surface area contributed by atoms with Crippen molar-refractivity contribution in [3.8, 4) is 11.3 Å². The predicted octanol–water partition coefficient (Wildman–Crippen LogP) is 5.94. The summed E-state index contributed by atoms with van der Waals surface area (Å²) in [6, 6.07) is 22.9. The lowest BCUT2D eigenvalue weighted by Crippen LogP contribution is -2.38. The van der Waals surface area contributed by atoms with E-state index < -0.39 is 18.1 Å². The van der Waals surface area contributed by atoms with Crippen molar-refractivity contribution in [2.45, 2.75) is 12.2 Å². The number of benzene rings is 3. The molecule has 1 heterocycles. The summed E-state index contributed by atoms with van der Waals surface area (Å²) in [6.45, 7) is 0. The van der Waals surface area contributed by atoms with E-state index in [2.05, 4.69) is 10.3 Å². The molecule has 0 saturated heterocycles. The van der Waals surface area contributed by atoms with Gasteiger partial charge < -0.3 is 5.32 Å². The van der Waals surface area contributed by atoms with Gasteiger partial charge in [-0.3, -0.25) is 4.79 Å². The Kier molecular flexibility index (Phi) is 5.23. The van der Waals surface area contributed by atoms with Crippen LogP contribution in [0.3, 0.4) is 0 Å². The van der Waals surface area contributed by atoms with Crippen LogP contribution in [0.25, 0.3) is 22.2 Å². The highest BCUT2D eigenvalue weighted by Crippen LogP contribution is 2.33. The van der Waals surface area contributed by atoms with Crippen LogP contribution in [-0.4, -0.2) is 17.1 Å². The third kappa shape index (κ3) is 4.03. The molecule has 0 aliphatic rings. The van der Waals surface area contributed by atoms with E-state index in [0.717, 1.165) is 5.56 Å². The second-order valence-corrected chi connectivity index (χ2v) is 6.80. The van der Waals surface area contributed by atoms with Gasteiger partial charge in [-0.25, -0.2) is 4.98 Å². The Morgan fingerprint density at radius 1 is 0.833 bits per heavy atom. The molecule has 0 fully saturated rings. The van der Waals surface area contributed by atoms with E-state index in [0.29, 0.717) is 16.6 Å². The summed E-state index contributed by atoms with van der Waals surface area (Å²) < 4.78 is 41.1. The second-order valence-electron chi connectivity index (χ2n) is 6.80. The summed E-state index contributed by atoms with van der Waals surface area (Å²) in [6.07, 6.45) is -4.64. The Morgan fingerprint density at radius 3 is 2.10 bits per heavy atom. The van der Waals surface area contributed by atoms with Crippen molar-refractivity contribution in [1.82, 2.24) is 10.3 Å². The van der Waals surface area contributed by atoms with Crippen molar-refractivity contribution >= 4 is 16.8 Å². The number of hydrogen-bond donors (Lipinski definition) is 1. The molecule has 150 valence electrons. The lowest BCUT2D eigenvalue weighted by Gasteiger charge is -2.22. The normalized spacial score (nSPS) is 12.5. The third-order valence-electron chi connectivity index (χ3n) is 4.77. The minimum absolute atomic E-state index is 0.0278. The maximum Gasteiger partial charge on any atom is 0.412 e. The van der Waals surface area contributed by atoms with Gasteiger partial charge in [-0.2, -0.15) is 13.2 Å². The number of pyridine rings is 1. The van der Waals surface area contributed by atoms with E-state index >= 15 is 0 Å². The Hall–Kier alpha value is -3.67. The Bertz CT molecular complexity index is 1180. The smallest absolute Gasteiger partial charge is 0.337 e. The first-order chi connectivity index (χ1) is 14.4. The molecule has 0 spiro atoms. The van der Waals surface area contributed by atoms with E-state index in [1.807, 2.05) is 30.3 Å². The zero-order chi connectivity index (χ0) is 21.1. The number of carbonyl (C=O) groups excluding carboxylic acids is 1. The molecule has 1 atom stereocenters. The van der Waals surface area contributed by atoms with Crippen LogP contribution in [0.15, 0.2) is 91.0 Å². The van der Waals surface area contributed by atoms with Crippen molar-refractivity contribution < 1.29 is 18.0 Å². The van der Waals surface area contributed by atoms with Crippen molar-refractivity contribution in [3.05, 3.63) is 102 Å².